The summed E-state index contributed by atoms with van der Waals surface area (Å²) in [5.74, 6) is -1.77. The zero-order valence-corrected chi connectivity index (χ0v) is 11.9. The van der Waals surface area contributed by atoms with Crippen LogP contribution < -0.4 is 5.32 Å². The van der Waals surface area contributed by atoms with E-state index in [-0.39, 0.29) is 18.1 Å². The SMILES string of the molecule is CC(CO)NC(=O)C1(c2ccc(F)cc2F)CCOCC1. The van der Waals surface area contributed by atoms with Crippen molar-refractivity contribution in [2.24, 2.45) is 0 Å². The Bertz CT molecular complexity index is 516. The van der Waals surface area contributed by atoms with Crippen molar-refractivity contribution in [1.29, 1.82) is 0 Å². The molecule has 0 saturated carbocycles. The summed E-state index contributed by atoms with van der Waals surface area (Å²) in [5.41, 5.74) is -0.908. The second kappa shape index (κ2) is 6.49. The molecule has 0 aromatic heterocycles. The van der Waals surface area contributed by atoms with Gasteiger partial charge in [0.2, 0.25) is 5.91 Å². The van der Waals surface area contributed by atoms with E-state index in [2.05, 4.69) is 5.32 Å². The molecule has 1 aliphatic rings. The summed E-state index contributed by atoms with van der Waals surface area (Å²) in [6.45, 7) is 2.12. The first-order valence-corrected chi connectivity index (χ1v) is 6.95. The number of carbonyl (C=O) groups excluding carboxylic acids is 1. The Morgan fingerprint density at radius 1 is 1.43 bits per heavy atom. The lowest BCUT2D eigenvalue weighted by atomic mass is 9.73. The highest BCUT2D eigenvalue weighted by Gasteiger charge is 2.43. The van der Waals surface area contributed by atoms with Crippen molar-refractivity contribution in [1.82, 2.24) is 5.32 Å². The highest BCUT2D eigenvalue weighted by Crippen LogP contribution is 2.37. The van der Waals surface area contributed by atoms with E-state index in [0.717, 1.165) is 12.1 Å². The molecule has 21 heavy (non-hydrogen) atoms. The Kier molecular flexibility index (Phi) is 4.90. The molecule has 0 aliphatic carbocycles. The molecule has 1 saturated heterocycles. The van der Waals surface area contributed by atoms with Crippen LogP contribution in [0.15, 0.2) is 18.2 Å². The number of rotatable bonds is 4. The molecule has 1 fully saturated rings. The summed E-state index contributed by atoms with van der Waals surface area (Å²) in [7, 11) is 0. The molecule has 1 unspecified atom stereocenters. The molecule has 1 aromatic rings. The molecular formula is C15H19F2NO3. The van der Waals surface area contributed by atoms with Gasteiger partial charge in [-0.15, -0.1) is 0 Å². The number of carbonyl (C=O) groups is 1. The molecule has 6 heteroatoms. The van der Waals surface area contributed by atoms with Crippen LogP contribution in [0.3, 0.4) is 0 Å². The number of ether oxygens (including phenoxy) is 1. The monoisotopic (exact) mass is 299 g/mol. The third-order valence-corrected chi connectivity index (χ3v) is 3.88. The van der Waals surface area contributed by atoms with Gasteiger partial charge in [-0.25, -0.2) is 8.78 Å². The molecule has 0 bridgehead atoms. The summed E-state index contributed by atoms with van der Waals surface area (Å²) in [4.78, 5) is 12.6. The van der Waals surface area contributed by atoms with E-state index in [4.69, 9.17) is 9.84 Å². The van der Waals surface area contributed by atoms with Crippen LogP contribution in [0.4, 0.5) is 8.78 Å². The molecule has 1 aliphatic heterocycles. The van der Waals surface area contributed by atoms with Crippen LogP contribution in [0.25, 0.3) is 0 Å². The van der Waals surface area contributed by atoms with E-state index in [1.54, 1.807) is 6.92 Å². The van der Waals surface area contributed by atoms with Gasteiger partial charge in [0, 0.05) is 30.9 Å². The van der Waals surface area contributed by atoms with Crippen molar-refractivity contribution in [3.63, 3.8) is 0 Å². The lowest BCUT2D eigenvalue weighted by Crippen LogP contribution is -2.51. The van der Waals surface area contributed by atoms with E-state index in [0.29, 0.717) is 26.1 Å². The number of nitrogens with one attached hydrogen (secondary N) is 1. The highest BCUT2D eigenvalue weighted by molar-refractivity contribution is 5.88. The second-order valence-corrected chi connectivity index (χ2v) is 5.38. The average molecular weight is 299 g/mol. The predicted molar refractivity (Wildman–Crippen MR) is 72.8 cm³/mol. The Balaban J connectivity index is 2.39. The molecular weight excluding hydrogens is 280 g/mol. The Labute approximate surface area is 122 Å². The van der Waals surface area contributed by atoms with Gasteiger partial charge in [-0.1, -0.05) is 6.07 Å². The molecule has 0 radical (unpaired) electrons. The second-order valence-electron chi connectivity index (χ2n) is 5.38. The molecule has 1 amide bonds. The minimum atomic E-state index is -1.08. The number of aliphatic hydroxyl groups excluding tert-OH is 1. The van der Waals surface area contributed by atoms with Gasteiger partial charge in [0.05, 0.1) is 12.0 Å². The van der Waals surface area contributed by atoms with Gasteiger partial charge in [-0.05, 0) is 25.8 Å². The zero-order valence-electron chi connectivity index (χ0n) is 11.9. The van der Waals surface area contributed by atoms with Crippen LogP contribution in [0, 0.1) is 11.6 Å². The minimum Gasteiger partial charge on any atom is -0.394 e. The largest absolute Gasteiger partial charge is 0.394 e. The minimum absolute atomic E-state index is 0.176. The van der Waals surface area contributed by atoms with Crippen molar-refractivity contribution in [2.75, 3.05) is 19.8 Å². The highest BCUT2D eigenvalue weighted by atomic mass is 19.1. The van der Waals surface area contributed by atoms with Gasteiger partial charge in [0.1, 0.15) is 11.6 Å². The number of halogens is 2. The maximum Gasteiger partial charge on any atom is 0.231 e. The van der Waals surface area contributed by atoms with Crippen LogP contribution in [-0.4, -0.2) is 36.9 Å². The molecule has 1 atom stereocenters. The average Bonchev–Trinajstić information content (AvgIpc) is 2.47. The van der Waals surface area contributed by atoms with E-state index >= 15 is 0 Å². The standard InChI is InChI=1S/C15H19F2NO3/c1-10(9-19)18-14(20)15(4-6-21-7-5-15)12-3-2-11(16)8-13(12)17/h2-3,8,10,19H,4-7,9H2,1H3,(H,18,20). The van der Waals surface area contributed by atoms with Crippen molar-refractivity contribution in [3.8, 4) is 0 Å². The summed E-state index contributed by atoms with van der Waals surface area (Å²) in [6.07, 6.45) is 0.638. The first-order chi connectivity index (χ1) is 9.99. The Morgan fingerprint density at radius 2 is 2.10 bits per heavy atom. The number of hydrogen-bond acceptors (Lipinski definition) is 3. The van der Waals surface area contributed by atoms with Gasteiger partial charge in [-0.3, -0.25) is 4.79 Å². The Hall–Kier alpha value is -1.53. The molecule has 1 heterocycles. The van der Waals surface area contributed by atoms with Gasteiger partial charge in [-0.2, -0.15) is 0 Å². The summed E-state index contributed by atoms with van der Waals surface area (Å²) < 4.78 is 32.5. The van der Waals surface area contributed by atoms with Crippen LogP contribution >= 0.6 is 0 Å². The fourth-order valence-electron chi connectivity index (χ4n) is 2.62. The van der Waals surface area contributed by atoms with Gasteiger partial charge in [0.15, 0.2) is 0 Å². The third kappa shape index (κ3) is 3.22. The molecule has 116 valence electrons. The first-order valence-electron chi connectivity index (χ1n) is 6.95. The molecule has 0 spiro atoms. The summed E-state index contributed by atoms with van der Waals surface area (Å²) in [5, 5.41) is 11.7. The molecule has 2 N–H and O–H groups in total. The predicted octanol–water partition coefficient (Wildman–Crippen LogP) is 1.51. The fraction of sp³-hybridized carbons (Fsp3) is 0.533. The first kappa shape index (κ1) is 15.9. The van der Waals surface area contributed by atoms with Crippen molar-refractivity contribution < 1.29 is 23.4 Å². The molecule has 1 aromatic carbocycles. The van der Waals surface area contributed by atoms with Gasteiger partial charge < -0.3 is 15.2 Å². The molecule has 4 nitrogen and oxygen atoms in total. The maximum absolute atomic E-state index is 14.1. The summed E-state index contributed by atoms with van der Waals surface area (Å²) >= 11 is 0. The lowest BCUT2D eigenvalue weighted by molar-refractivity contribution is -0.131. The Morgan fingerprint density at radius 3 is 2.67 bits per heavy atom. The lowest BCUT2D eigenvalue weighted by Gasteiger charge is -2.37. The van der Waals surface area contributed by atoms with Crippen molar-refractivity contribution in [3.05, 3.63) is 35.4 Å². The number of benzene rings is 1. The summed E-state index contributed by atoms with van der Waals surface area (Å²) in [6, 6.07) is 2.83. The quantitative estimate of drug-likeness (QED) is 0.886. The maximum atomic E-state index is 14.1. The third-order valence-electron chi connectivity index (χ3n) is 3.88. The van der Waals surface area contributed by atoms with Crippen LogP contribution in [0.5, 0.6) is 0 Å². The normalized spacial score (nSPS) is 19.0. The van der Waals surface area contributed by atoms with Crippen LogP contribution in [0.1, 0.15) is 25.3 Å². The van der Waals surface area contributed by atoms with Crippen molar-refractivity contribution >= 4 is 5.91 Å². The number of aliphatic hydroxyl groups is 1. The van der Waals surface area contributed by atoms with E-state index in [1.807, 2.05) is 0 Å². The van der Waals surface area contributed by atoms with E-state index in [1.165, 1.54) is 6.07 Å². The van der Waals surface area contributed by atoms with Gasteiger partial charge in [0.25, 0.3) is 0 Å². The van der Waals surface area contributed by atoms with Gasteiger partial charge >= 0.3 is 0 Å². The van der Waals surface area contributed by atoms with Crippen LogP contribution in [-0.2, 0) is 14.9 Å². The smallest absolute Gasteiger partial charge is 0.231 e. The van der Waals surface area contributed by atoms with Crippen LogP contribution in [0.2, 0.25) is 0 Å². The van der Waals surface area contributed by atoms with E-state index in [9.17, 15) is 13.6 Å². The number of hydrogen-bond donors (Lipinski definition) is 2. The zero-order chi connectivity index (χ0) is 15.5. The molecule has 2 rings (SSSR count). The number of amides is 1. The topological polar surface area (TPSA) is 58.6 Å². The van der Waals surface area contributed by atoms with Crippen molar-refractivity contribution in [2.45, 2.75) is 31.2 Å². The van der Waals surface area contributed by atoms with E-state index < -0.39 is 23.1 Å². The fourth-order valence-corrected chi connectivity index (χ4v) is 2.62.